The van der Waals surface area contributed by atoms with Crippen molar-refractivity contribution in [1.82, 2.24) is 5.32 Å². The zero-order valence-corrected chi connectivity index (χ0v) is 11.1. The summed E-state index contributed by atoms with van der Waals surface area (Å²) in [6.45, 7) is 4.37. The molecule has 0 saturated heterocycles. The van der Waals surface area contributed by atoms with Crippen molar-refractivity contribution in [3.8, 4) is 0 Å². The number of alkyl halides is 3. The predicted molar refractivity (Wildman–Crippen MR) is 65.5 cm³/mol. The number of ether oxygens (including phenoxy) is 1. The molecule has 0 aromatic carbocycles. The fourth-order valence-electron chi connectivity index (χ4n) is 1.77. The summed E-state index contributed by atoms with van der Waals surface area (Å²) >= 11 is 0. The fraction of sp³-hybridized carbons (Fsp3) is 1.00. The summed E-state index contributed by atoms with van der Waals surface area (Å²) in [5.74, 6) is 0.791. The van der Waals surface area contributed by atoms with Gasteiger partial charge in [-0.1, -0.05) is 0 Å². The van der Waals surface area contributed by atoms with Crippen LogP contribution in [-0.4, -0.2) is 32.0 Å². The molecule has 2 nitrogen and oxygen atoms in total. The number of rotatable bonds is 10. The number of hydrogen-bond donors (Lipinski definition) is 1. The molecule has 0 radical (unpaired) electrons. The molecule has 0 aromatic heterocycles. The molecule has 1 atom stereocenters. The van der Waals surface area contributed by atoms with E-state index in [2.05, 4.69) is 5.32 Å². The highest BCUT2D eigenvalue weighted by atomic mass is 19.4. The van der Waals surface area contributed by atoms with Crippen molar-refractivity contribution in [3.63, 3.8) is 0 Å². The lowest BCUT2D eigenvalue weighted by atomic mass is 10.1. The maximum atomic E-state index is 11.9. The van der Waals surface area contributed by atoms with Crippen LogP contribution >= 0.6 is 0 Å². The average Bonchev–Trinajstić information content (AvgIpc) is 3.05. The summed E-state index contributed by atoms with van der Waals surface area (Å²) in [7, 11) is 0. The Bertz CT molecular complexity index is 217. The Hall–Kier alpha value is -0.290. The van der Waals surface area contributed by atoms with Crippen LogP contribution in [0.2, 0.25) is 0 Å². The molecule has 1 N–H and O–H groups in total. The smallest absolute Gasteiger partial charge is 0.381 e. The highest BCUT2D eigenvalue weighted by molar-refractivity contribution is 4.72. The SMILES string of the molecule is CC(CCCC(F)(F)F)NCCCOCC1CC1. The van der Waals surface area contributed by atoms with Gasteiger partial charge >= 0.3 is 6.18 Å². The van der Waals surface area contributed by atoms with Gasteiger partial charge < -0.3 is 10.1 Å². The van der Waals surface area contributed by atoms with E-state index in [1.165, 1.54) is 12.8 Å². The predicted octanol–water partition coefficient (Wildman–Crippen LogP) is 3.51. The Kier molecular flexibility index (Phi) is 7.00. The Morgan fingerprint density at radius 1 is 1.28 bits per heavy atom. The normalized spacial score (nSPS) is 18.0. The topological polar surface area (TPSA) is 21.3 Å². The molecule has 1 rings (SSSR count). The van der Waals surface area contributed by atoms with E-state index in [9.17, 15) is 13.2 Å². The van der Waals surface area contributed by atoms with Crippen LogP contribution in [0.5, 0.6) is 0 Å². The molecule has 1 fully saturated rings. The van der Waals surface area contributed by atoms with Gasteiger partial charge in [0.05, 0.1) is 0 Å². The van der Waals surface area contributed by atoms with Crippen molar-refractivity contribution in [1.29, 1.82) is 0 Å². The standard InChI is InChI=1S/C13H24F3NO/c1-11(4-2-7-13(14,15)16)17-8-3-9-18-10-12-5-6-12/h11-12,17H,2-10H2,1H3. The number of halogens is 3. The van der Waals surface area contributed by atoms with Crippen molar-refractivity contribution < 1.29 is 17.9 Å². The summed E-state index contributed by atoms with van der Waals surface area (Å²) in [4.78, 5) is 0. The molecule has 1 unspecified atom stereocenters. The van der Waals surface area contributed by atoms with Gasteiger partial charge in [0.15, 0.2) is 0 Å². The van der Waals surface area contributed by atoms with Gasteiger partial charge in [0.25, 0.3) is 0 Å². The van der Waals surface area contributed by atoms with Crippen molar-refractivity contribution in [2.45, 2.75) is 57.7 Å². The molecule has 108 valence electrons. The van der Waals surface area contributed by atoms with E-state index in [4.69, 9.17) is 4.74 Å². The van der Waals surface area contributed by atoms with Crippen LogP contribution in [0.15, 0.2) is 0 Å². The quantitative estimate of drug-likeness (QED) is 0.612. The molecule has 0 aliphatic heterocycles. The Balaban J connectivity index is 1.82. The molecule has 0 bridgehead atoms. The summed E-state index contributed by atoms with van der Waals surface area (Å²) in [5, 5.41) is 3.23. The lowest BCUT2D eigenvalue weighted by Gasteiger charge is -2.14. The van der Waals surface area contributed by atoms with E-state index in [1.54, 1.807) is 0 Å². The van der Waals surface area contributed by atoms with Gasteiger partial charge in [-0.25, -0.2) is 0 Å². The summed E-state index contributed by atoms with van der Waals surface area (Å²) in [5.41, 5.74) is 0. The van der Waals surface area contributed by atoms with E-state index in [0.717, 1.165) is 32.1 Å². The van der Waals surface area contributed by atoms with Crippen LogP contribution in [0.1, 0.15) is 45.4 Å². The van der Waals surface area contributed by atoms with Crippen molar-refractivity contribution >= 4 is 0 Å². The monoisotopic (exact) mass is 267 g/mol. The molecule has 18 heavy (non-hydrogen) atoms. The molecule has 1 aliphatic carbocycles. The van der Waals surface area contributed by atoms with E-state index < -0.39 is 12.6 Å². The number of nitrogens with one attached hydrogen (secondary N) is 1. The molecule has 0 aromatic rings. The maximum Gasteiger partial charge on any atom is 0.389 e. The minimum atomic E-state index is -4.02. The molecular weight excluding hydrogens is 243 g/mol. The average molecular weight is 267 g/mol. The first kappa shape index (κ1) is 15.8. The minimum absolute atomic E-state index is 0.149. The largest absolute Gasteiger partial charge is 0.389 e. The molecule has 0 heterocycles. The molecule has 1 aliphatic rings. The van der Waals surface area contributed by atoms with Gasteiger partial charge in [-0.2, -0.15) is 13.2 Å². The van der Waals surface area contributed by atoms with Crippen LogP contribution in [0.4, 0.5) is 13.2 Å². The first-order valence-electron chi connectivity index (χ1n) is 6.85. The summed E-state index contributed by atoms with van der Waals surface area (Å²) < 4.78 is 41.3. The Morgan fingerprint density at radius 2 is 2.00 bits per heavy atom. The van der Waals surface area contributed by atoms with Gasteiger partial charge in [0.1, 0.15) is 0 Å². The van der Waals surface area contributed by atoms with Gasteiger partial charge in [0, 0.05) is 25.7 Å². The molecular formula is C13H24F3NO. The lowest BCUT2D eigenvalue weighted by molar-refractivity contribution is -0.135. The Labute approximate surface area is 107 Å². The van der Waals surface area contributed by atoms with Crippen LogP contribution in [0.25, 0.3) is 0 Å². The van der Waals surface area contributed by atoms with Gasteiger partial charge in [-0.15, -0.1) is 0 Å². The van der Waals surface area contributed by atoms with Crippen molar-refractivity contribution in [2.24, 2.45) is 5.92 Å². The molecule has 1 saturated carbocycles. The van der Waals surface area contributed by atoms with Gasteiger partial charge in [0.2, 0.25) is 0 Å². The maximum absolute atomic E-state index is 11.9. The minimum Gasteiger partial charge on any atom is -0.381 e. The molecule has 5 heteroatoms. The third-order valence-electron chi connectivity index (χ3n) is 3.11. The van der Waals surface area contributed by atoms with Gasteiger partial charge in [-0.3, -0.25) is 0 Å². The van der Waals surface area contributed by atoms with E-state index >= 15 is 0 Å². The molecule has 0 spiro atoms. The third-order valence-corrected chi connectivity index (χ3v) is 3.11. The zero-order chi connectivity index (χ0) is 13.4. The zero-order valence-electron chi connectivity index (χ0n) is 11.1. The van der Waals surface area contributed by atoms with Gasteiger partial charge in [-0.05, 0) is 51.5 Å². The summed E-state index contributed by atoms with van der Waals surface area (Å²) in [6, 6.07) is 0.149. The van der Waals surface area contributed by atoms with Crippen LogP contribution in [-0.2, 0) is 4.74 Å². The van der Waals surface area contributed by atoms with Crippen LogP contribution < -0.4 is 5.32 Å². The lowest BCUT2D eigenvalue weighted by Crippen LogP contribution is -2.28. The van der Waals surface area contributed by atoms with Crippen LogP contribution in [0.3, 0.4) is 0 Å². The van der Waals surface area contributed by atoms with Crippen molar-refractivity contribution in [3.05, 3.63) is 0 Å². The van der Waals surface area contributed by atoms with Crippen LogP contribution in [0, 0.1) is 5.92 Å². The second-order valence-corrected chi connectivity index (χ2v) is 5.23. The Morgan fingerprint density at radius 3 is 2.61 bits per heavy atom. The number of hydrogen-bond acceptors (Lipinski definition) is 2. The van der Waals surface area contributed by atoms with E-state index in [1.807, 2.05) is 6.92 Å². The molecule has 0 amide bonds. The third kappa shape index (κ3) is 9.71. The second-order valence-electron chi connectivity index (χ2n) is 5.23. The van der Waals surface area contributed by atoms with E-state index in [0.29, 0.717) is 6.42 Å². The first-order chi connectivity index (χ1) is 8.47. The highest BCUT2D eigenvalue weighted by Crippen LogP contribution is 2.28. The fourth-order valence-corrected chi connectivity index (χ4v) is 1.77. The summed E-state index contributed by atoms with van der Waals surface area (Å²) in [6.07, 6.45) is -0.391. The van der Waals surface area contributed by atoms with Crippen molar-refractivity contribution in [2.75, 3.05) is 19.8 Å². The van der Waals surface area contributed by atoms with E-state index in [-0.39, 0.29) is 12.5 Å². The second kappa shape index (κ2) is 8.00. The highest BCUT2D eigenvalue weighted by Gasteiger charge is 2.26. The first-order valence-corrected chi connectivity index (χ1v) is 6.85.